The number of hydrogen-bond donors (Lipinski definition) is 0. The molecule has 1 saturated carbocycles. The number of hydrogen-bond acceptors (Lipinski definition) is 2. The van der Waals surface area contributed by atoms with E-state index in [1.54, 1.807) is 0 Å². The first-order valence-corrected chi connectivity index (χ1v) is 5.53. The minimum atomic E-state index is -0.482. The molecule has 0 radical (unpaired) electrons. The van der Waals surface area contributed by atoms with Crippen molar-refractivity contribution in [2.24, 2.45) is 5.41 Å². The summed E-state index contributed by atoms with van der Waals surface area (Å²) in [6, 6.07) is 0. The fourth-order valence-corrected chi connectivity index (χ4v) is 2.08. The van der Waals surface area contributed by atoms with E-state index < -0.39 is 5.60 Å². The molecule has 0 bridgehead atoms. The Labute approximate surface area is 87.0 Å². The van der Waals surface area contributed by atoms with Gasteiger partial charge in [0.05, 0.1) is 6.10 Å². The minimum absolute atomic E-state index is 0.140. The van der Waals surface area contributed by atoms with E-state index in [1.807, 2.05) is 13.8 Å². The highest BCUT2D eigenvalue weighted by Crippen LogP contribution is 2.41. The third kappa shape index (κ3) is 2.81. The van der Waals surface area contributed by atoms with Gasteiger partial charge in [0.15, 0.2) is 6.29 Å². The Balaban J connectivity index is 2.61. The van der Waals surface area contributed by atoms with Crippen LogP contribution in [0.1, 0.15) is 53.4 Å². The van der Waals surface area contributed by atoms with Gasteiger partial charge in [-0.1, -0.05) is 13.8 Å². The van der Waals surface area contributed by atoms with E-state index in [9.17, 15) is 4.79 Å². The lowest BCUT2D eigenvalue weighted by Crippen LogP contribution is -2.42. The molecule has 1 aliphatic carbocycles. The lowest BCUT2D eigenvalue weighted by Gasteiger charge is -2.41. The highest BCUT2D eigenvalue weighted by molar-refractivity contribution is 5.62. The maximum absolute atomic E-state index is 11.1. The summed E-state index contributed by atoms with van der Waals surface area (Å²) in [6.07, 6.45) is 5.07. The predicted octanol–water partition coefficient (Wildman–Crippen LogP) is 2.95. The van der Waals surface area contributed by atoms with Gasteiger partial charge in [0.25, 0.3) is 0 Å². The highest BCUT2D eigenvalue weighted by atomic mass is 16.5. The number of carbonyl (C=O) groups excluding carboxylic acids is 1. The summed E-state index contributed by atoms with van der Waals surface area (Å²) in [6.45, 7) is 8.50. The molecule has 1 fully saturated rings. The second-order valence-electron chi connectivity index (χ2n) is 5.51. The van der Waals surface area contributed by atoms with Crippen molar-refractivity contribution in [2.75, 3.05) is 0 Å². The Kier molecular flexibility index (Phi) is 3.36. The normalized spacial score (nSPS) is 24.9. The van der Waals surface area contributed by atoms with Crippen LogP contribution in [0.5, 0.6) is 0 Å². The third-order valence-electron chi connectivity index (χ3n) is 3.14. The summed E-state index contributed by atoms with van der Waals surface area (Å²) in [5.41, 5.74) is -0.101. The van der Waals surface area contributed by atoms with E-state index >= 15 is 0 Å². The number of ether oxygens (including phenoxy) is 1. The van der Waals surface area contributed by atoms with Gasteiger partial charge < -0.3 is 9.53 Å². The molecule has 1 rings (SSSR count). The van der Waals surface area contributed by atoms with Crippen LogP contribution in [0.25, 0.3) is 0 Å². The van der Waals surface area contributed by atoms with E-state index in [1.165, 1.54) is 0 Å². The van der Waals surface area contributed by atoms with E-state index in [4.69, 9.17) is 4.74 Å². The van der Waals surface area contributed by atoms with Crippen LogP contribution < -0.4 is 0 Å². The second-order valence-corrected chi connectivity index (χ2v) is 5.51. The lowest BCUT2D eigenvalue weighted by molar-refractivity contribution is -0.147. The molecule has 0 aliphatic heterocycles. The minimum Gasteiger partial charge on any atom is -0.365 e. The topological polar surface area (TPSA) is 26.3 Å². The number of aldehydes is 1. The average molecular weight is 198 g/mol. The van der Waals surface area contributed by atoms with Gasteiger partial charge in [0, 0.05) is 0 Å². The molecular formula is C12H22O2. The van der Waals surface area contributed by atoms with Gasteiger partial charge in [0.1, 0.15) is 5.60 Å². The quantitative estimate of drug-likeness (QED) is 0.652. The zero-order valence-electron chi connectivity index (χ0n) is 9.80. The van der Waals surface area contributed by atoms with Crippen LogP contribution in [-0.4, -0.2) is 18.0 Å². The van der Waals surface area contributed by atoms with Crippen LogP contribution >= 0.6 is 0 Å². The summed E-state index contributed by atoms with van der Waals surface area (Å²) in [5, 5.41) is 0. The van der Waals surface area contributed by atoms with Crippen LogP contribution in [0.3, 0.4) is 0 Å². The third-order valence-corrected chi connectivity index (χ3v) is 3.14. The zero-order chi connectivity index (χ0) is 10.8. The lowest BCUT2D eigenvalue weighted by atomic mass is 9.71. The predicted molar refractivity (Wildman–Crippen MR) is 57.3 cm³/mol. The molecule has 0 aromatic carbocycles. The largest absolute Gasteiger partial charge is 0.365 e. The van der Waals surface area contributed by atoms with Gasteiger partial charge in [0.2, 0.25) is 0 Å². The van der Waals surface area contributed by atoms with Gasteiger partial charge in [-0.3, -0.25) is 0 Å². The smallest absolute Gasteiger partial charge is 0.151 e. The Hall–Kier alpha value is -0.370. The fraction of sp³-hybridized carbons (Fsp3) is 0.917. The Morgan fingerprint density at radius 2 is 1.64 bits per heavy atom. The molecule has 0 saturated heterocycles. The van der Waals surface area contributed by atoms with Crippen LogP contribution in [0.4, 0.5) is 0 Å². The number of carbonyl (C=O) groups is 1. The summed E-state index contributed by atoms with van der Waals surface area (Å²) in [4.78, 5) is 11.1. The summed E-state index contributed by atoms with van der Waals surface area (Å²) >= 11 is 0. The van der Waals surface area contributed by atoms with Crippen molar-refractivity contribution in [3.05, 3.63) is 0 Å². The molecular weight excluding hydrogens is 176 g/mol. The molecule has 0 aromatic heterocycles. The molecule has 2 nitrogen and oxygen atoms in total. The number of rotatable bonds is 3. The first kappa shape index (κ1) is 11.7. The van der Waals surface area contributed by atoms with E-state index in [-0.39, 0.29) is 6.10 Å². The van der Waals surface area contributed by atoms with Crippen LogP contribution in [-0.2, 0) is 9.53 Å². The summed E-state index contributed by atoms with van der Waals surface area (Å²) in [5.74, 6) is 0. The van der Waals surface area contributed by atoms with E-state index in [0.717, 1.165) is 32.0 Å². The molecule has 0 unspecified atom stereocenters. The van der Waals surface area contributed by atoms with E-state index in [2.05, 4.69) is 13.8 Å². The average Bonchev–Trinajstić information content (AvgIpc) is 2.09. The molecule has 1 aliphatic rings. The molecule has 2 heteroatoms. The fourth-order valence-electron chi connectivity index (χ4n) is 2.08. The second kappa shape index (κ2) is 4.01. The Bertz CT molecular complexity index is 196. The van der Waals surface area contributed by atoms with Crippen molar-refractivity contribution in [2.45, 2.75) is 65.1 Å². The molecule has 0 heterocycles. The van der Waals surface area contributed by atoms with Crippen LogP contribution in [0.15, 0.2) is 0 Å². The van der Waals surface area contributed by atoms with Crippen LogP contribution in [0.2, 0.25) is 0 Å². The SMILES string of the molecule is CC(C)OC1(C=O)CCC(C)(C)CC1. The molecule has 0 N–H and O–H groups in total. The molecule has 82 valence electrons. The molecule has 0 aromatic rings. The van der Waals surface area contributed by atoms with E-state index in [0.29, 0.717) is 5.41 Å². The van der Waals surface area contributed by atoms with Crippen molar-refractivity contribution in [1.29, 1.82) is 0 Å². The van der Waals surface area contributed by atoms with Gasteiger partial charge in [-0.05, 0) is 44.9 Å². The van der Waals surface area contributed by atoms with Crippen molar-refractivity contribution < 1.29 is 9.53 Å². The maximum Gasteiger partial charge on any atom is 0.151 e. The van der Waals surface area contributed by atoms with Crippen molar-refractivity contribution in [3.8, 4) is 0 Å². The van der Waals surface area contributed by atoms with Gasteiger partial charge in [-0.15, -0.1) is 0 Å². The summed E-state index contributed by atoms with van der Waals surface area (Å²) < 4.78 is 5.75. The zero-order valence-corrected chi connectivity index (χ0v) is 9.80. The van der Waals surface area contributed by atoms with Crippen LogP contribution in [0, 0.1) is 5.41 Å². The molecule has 0 spiro atoms. The first-order chi connectivity index (χ1) is 6.39. The molecule has 0 atom stereocenters. The standard InChI is InChI=1S/C12H22O2/c1-10(2)14-12(9-13)7-5-11(3,4)6-8-12/h9-10H,5-8H2,1-4H3. The Morgan fingerprint density at radius 3 is 2.00 bits per heavy atom. The Morgan fingerprint density at radius 1 is 1.14 bits per heavy atom. The van der Waals surface area contributed by atoms with Gasteiger partial charge in [-0.2, -0.15) is 0 Å². The van der Waals surface area contributed by atoms with Gasteiger partial charge >= 0.3 is 0 Å². The molecule has 14 heavy (non-hydrogen) atoms. The monoisotopic (exact) mass is 198 g/mol. The van der Waals surface area contributed by atoms with Crippen molar-refractivity contribution in [3.63, 3.8) is 0 Å². The molecule has 0 amide bonds. The van der Waals surface area contributed by atoms with Crippen molar-refractivity contribution in [1.82, 2.24) is 0 Å². The maximum atomic E-state index is 11.1. The highest BCUT2D eigenvalue weighted by Gasteiger charge is 2.39. The first-order valence-electron chi connectivity index (χ1n) is 5.53. The summed E-state index contributed by atoms with van der Waals surface area (Å²) in [7, 11) is 0. The van der Waals surface area contributed by atoms with Gasteiger partial charge in [-0.25, -0.2) is 0 Å². The van der Waals surface area contributed by atoms with Crippen molar-refractivity contribution >= 4 is 6.29 Å².